The van der Waals surface area contributed by atoms with E-state index in [1.807, 2.05) is 26.8 Å². The number of carbonyl (C=O) groups excluding carboxylic acids is 1. The molecule has 0 radical (unpaired) electrons. The summed E-state index contributed by atoms with van der Waals surface area (Å²) < 4.78 is 25.8. The van der Waals surface area contributed by atoms with E-state index in [4.69, 9.17) is 11.6 Å². The molecule has 140 valence electrons. The molecule has 1 atom stereocenters. The Morgan fingerprint density at radius 1 is 1.04 bits per heavy atom. The number of anilines is 2. The predicted molar refractivity (Wildman–Crippen MR) is 108 cm³/mol. The van der Waals surface area contributed by atoms with Crippen LogP contribution in [0.1, 0.15) is 23.6 Å². The number of rotatable bonds is 5. The van der Waals surface area contributed by atoms with Gasteiger partial charge in [-0.2, -0.15) is 0 Å². The Bertz CT molecular complexity index is 942. The normalized spacial score (nSPS) is 12.5. The van der Waals surface area contributed by atoms with Crippen molar-refractivity contribution in [3.8, 4) is 0 Å². The fraction of sp³-hybridized carbons (Fsp3) is 0.316. The van der Waals surface area contributed by atoms with Crippen molar-refractivity contribution in [3.63, 3.8) is 0 Å². The van der Waals surface area contributed by atoms with Crippen molar-refractivity contribution in [2.75, 3.05) is 15.9 Å². The van der Waals surface area contributed by atoms with Crippen LogP contribution in [-0.2, 0) is 14.8 Å². The summed E-state index contributed by atoms with van der Waals surface area (Å²) in [6, 6.07) is 9.55. The predicted octanol–water partition coefficient (Wildman–Crippen LogP) is 4.06. The number of hydrogen-bond donors (Lipinski definition) is 1. The smallest absolute Gasteiger partial charge is 0.247 e. The van der Waals surface area contributed by atoms with Crippen molar-refractivity contribution in [2.45, 2.75) is 33.7 Å². The average Bonchev–Trinajstić information content (AvgIpc) is 2.53. The number of sulfonamides is 1. The van der Waals surface area contributed by atoms with E-state index >= 15 is 0 Å². The molecule has 7 heteroatoms. The maximum Gasteiger partial charge on any atom is 0.247 e. The maximum absolute atomic E-state index is 12.7. The SMILES string of the molecule is Cc1ccc(N([C@H](C)C(=O)Nc2ccc(C)c(Cl)c2)S(C)(=O)=O)cc1C. The van der Waals surface area contributed by atoms with Gasteiger partial charge in [0.15, 0.2) is 0 Å². The summed E-state index contributed by atoms with van der Waals surface area (Å²) in [4.78, 5) is 12.7. The van der Waals surface area contributed by atoms with E-state index in [1.54, 1.807) is 37.3 Å². The Hall–Kier alpha value is -2.05. The minimum atomic E-state index is -3.65. The van der Waals surface area contributed by atoms with Gasteiger partial charge in [0.2, 0.25) is 15.9 Å². The van der Waals surface area contributed by atoms with Crippen LogP contribution in [0.4, 0.5) is 11.4 Å². The molecule has 0 aliphatic rings. The first-order valence-corrected chi connectivity index (χ1v) is 10.4. The van der Waals surface area contributed by atoms with E-state index in [1.165, 1.54) is 0 Å². The number of nitrogens with zero attached hydrogens (tertiary/aromatic N) is 1. The summed E-state index contributed by atoms with van der Waals surface area (Å²) in [6.45, 7) is 7.27. The molecule has 0 aromatic heterocycles. The fourth-order valence-corrected chi connectivity index (χ4v) is 3.94. The minimum Gasteiger partial charge on any atom is -0.324 e. The minimum absolute atomic E-state index is 0.437. The van der Waals surface area contributed by atoms with Crippen LogP contribution in [0.25, 0.3) is 0 Å². The zero-order valence-corrected chi connectivity index (χ0v) is 17.1. The molecule has 1 N–H and O–H groups in total. The summed E-state index contributed by atoms with van der Waals surface area (Å²) in [7, 11) is -3.65. The first-order valence-electron chi connectivity index (χ1n) is 8.14. The molecule has 2 aromatic carbocycles. The molecule has 0 bridgehead atoms. The molecule has 5 nitrogen and oxygen atoms in total. The first-order chi connectivity index (χ1) is 12.0. The largest absolute Gasteiger partial charge is 0.324 e. The zero-order valence-electron chi connectivity index (χ0n) is 15.5. The molecular formula is C19H23ClN2O3S. The van der Waals surface area contributed by atoms with Gasteiger partial charge in [-0.15, -0.1) is 0 Å². The first kappa shape index (κ1) is 20.3. The molecule has 26 heavy (non-hydrogen) atoms. The second-order valence-corrected chi connectivity index (χ2v) is 8.72. The summed E-state index contributed by atoms with van der Waals surface area (Å²) in [5, 5.41) is 3.26. The highest BCUT2D eigenvalue weighted by Crippen LogP contribution is 2.25. The van der Waals surface area contributed by atoms with E-state index in [2.05, 4.69) is 5.32 Å². The number of benzene rings is 2. The molecule has 1 amide bonds. The lowest BCUT2D eigenvalue weighted by Gasteiger charge is -2.28. The molecule has 0 saturated heterocycles. The van der Waals surface area contributed by atoms with Gasteiger partial charge in [0.1, 0.15) is 6.04 Å². The van der Waals surface area contributed by atoms with Crippen molar-refractivity contribution in [2.24, 2.45) is 0 Å². The number of hydrogen-bond acceptors (Lipinski definition) is 3. The van der Waals surface area contributed by atoms with E-state index in [0.717, 1.165) is 27.3 Å². The van der Waals surface area contributed by atoms with Crippen molar-refractivity contribution >= 4 is 38.9 Å². The summed E-state index contributed by atoms with van der Waals surface area (Å²) >= 11 is 6.08. The van der Waals surface area contributed by atoms with Crippen LogP contribution < -0.4 is 9.62 Å². The monoisotopic (exact) mass is 394 g/mol. The van der Waals surface area contributed by atoms with Crippen molar-refractivity contribution in [1.82, 2.24) is 0 Å². The van der Waals surface area contributed by atoms with E-state index in [0.29, 0.717) is 16.4 Å². The highest BCUT2D eigenvalue weighted by atomic mass is 35.5. The van der Waals surface area contributed by atoms with Gasteiger partial charge in [-0.25, -0.2) is 8.42 Å². The Labute approximate surface area is 160 Å². The van der Waals surface area contributed by atoms with Crippen molar-refractivity contribution in [1.29, 1.82) is 0 Å². The van der Waals surface area contributed by atoms with Crippen LogP contribution in [0, 0.1) is 20.8 Å². The Balaban J connectivity index is 2.34. The third-order valence-corrected chi connectivity index (χ3v) is 5.92. The molecule has 0 fully saturated rings. The van der Waals surface area contributed by atoms with Crippen LogP contribution in [0.5, 0.6) is 0 Å². The molecule has 2 aromatic rings. The number of carbonyl (C=O) groups is 1. The molecule has 0 heterocycles. The van der Waals surface area contributed by atoms with Gasteiger partial charge < -0.3 is 5.32 Å². The zero-order chi connectivity index (χ0) is 19.6. The molecule has 0 aliphatic carbocycles. The topological polar surface area (TPSA) is 66.5 Å². The summed E-state index contributed by atoms with van der Waals surface area (Å²) in [6.07, 6.45) is 1.09. The van der Waals surface area contributed by atoms with E-state index in [-0.39, 0.29) is 0 Å². The van der Waals surface area contributed by atoms with Crippen molar-refractivity contribution in [3.05, 3.63) is 58.1 Å². The molecule has 0 aliphatic heterocycles. The van der Waals surface area contributed by atoms with Gasteiger partial charge in [-0.05, 0) is 68.7 Å². The molecule has 0 unspecified atom stereocenters. The van der Waals surface area contributed by atoms with Crippen LogP contribution >= 0.6 is 11.6 Å². The Morgan fingerprint density at radius 3 is 2.19 bits per heavy atom. The average molecular weight is 395 g/mol. The lowest BCUT2D eigenvalue weighted by atomic mass is 10.1. The van der Waals surface area contributed by atoms with Gasteiger partial charge >= 0.3 is 0 Å². The number of nitrogens with one attached hydrogen (secondary N) is 1. The lowest BCUT2D eigenvalue weighted by Crippen LogP contribution is -2.45. The molecular weight excluding hydrogens is 372 g/mol. The van der Waals surface area contributed by atoms with Gasteiger partial charge in [-0.1, -0.05) is 23.7 Å². The van der Waals surface area contributed by atoms with Crippen LogP contribution in [0.2, 0.25) is 5.02 Å². The standard InChI is InChI=1S/C19H23ClN2O3S/c1-12-7-9-17(10-14(12)3)22(26(5,24)25)15(4)19(23)21-16-8-6-13(2)18(20)11-16/h6-11,15H,1-5H3,(H,21,23)/t15-/m1/s1. The molecule has 0 saturated carbocycles. The number of halogens is 1. The third kappa shape index (κ3) is 4.56. The fourth-order valence-electron chi connectivity index (χ4n) is 2.59. The van der Waals surface area contributed by atoms with Gasteiger partial charge in [0.05, 0.1) is 11.9 Å². The Kier molecular flexibility index (Phi) is 5.98. The van der Waals surface area contributed by atoms with Gasteiger partial charge in [0.25, 0.3) is 0 Å². The highest BCUT2D eigenvalue weighted by Gasteiger charge is 2.29. The maximum atomic E-state index is 12.7. The van der Waals surface area contributed by atoms with Gasteiger partial charge in [0, 0.05) is 10.7 Å². The molecule has 0 spiro atoms. The van der Waals surface area contributed by atoms with Gasteiger partial charge in [-0.3, -0.25) is 9.10 Å². The number of aryl methyl sites for hydroxylation is 3. The quantitative estimate of drug-likeness (QED) is 0.831. The van der Waals surface area contributed by atoms with Crippen LogP contribution in [0.3, 0.4) is 0 Å². The third-order valence-electron chi connectivity index (χ3n) is 4.27. The number of amides is 1. The summed E-state index contributed by atoms with van der Waals surface area (Å²) in [5.41, 5.74) is 3.87. The van der Waals surface area contributed by atoms with E-state index in [9.17, 15) is 13.2 Å². The van der Waals surface area contributed by atoms with Crippen molar-refractivity contribution < 1.29 is 13.2 Å². The lowest BCUT2D eigenvalue weighted by molar-refractivity contribution is -0.116. The van der Waals surface area contributed by atoms with Crippen LogP contribution in [0.15, 0.2) is 36.4 Å². The van der Waals surface area contributed by atoms with Crippen LogP contribution in [-0.4, -0.2) is 26.6 Å². The van der Waals surface area contributed by atoms with E-state index < -0.39 is 22.0 Å². The Morgan fingerprint density at radius 2 is 1.65 bits per heavy atom. The second-order valence-electron chi connectivity index (χ2n) is 6.46. The molecule has 2 rings (SSSR count). The second kappa shape index (κ2) is 7.68. The summed E-state index contributed by atoms with van der Waals surface area (Å²) in [5.74, 6) is -0.437. The highest BCUT2D eigenvalue weighted by molar-refractivity contribution is 7.92.